The van der Waals surface area contributed by atoms with Crippen LogP contribution in [0.25, 0.3) is 0 Å². The average molecular weight is 252 g/mol. The van der Waals surface area contributed by atoms with Gasteiger partial charge < -0.3 is 11.1 Å². The molecule has 1 fully saturated rings. The minimum atomic E-state index is 0.309. The average Bonchev–Trinajstić information content (AvgIpc) is 2.88. The Morgan fingerprint density at radius 3 is 3.06 bits per heavy atom. The zero-order valence-electron chi connectivity index (χ0n) is 11.0. The first-order chi connectivity index (χ1) is 8.15. The number of thiophene rings is 1. The number of nitrogens with one attached hydrogen (secondary N) is 1. The molecule has 2 nitrogen and oxygen atoms in total. The van der Waals surface area contributed by atoms with Gasteiger partial charge in [-0.2, -0.15) is 0 Å². The zero-order chi connectivity index (χ0) is 12.3. The van der Waals surface area contributed by atoms with Crippen LogP contribution in [-0.4, -0.2) is 12.6 Å². The smallest absolute Gasteiger partial charge is 0.0302 e. The van der Waals surface area contributed by atoms with E-state index in [1.165, 1.54) is 29.7 Å². The van der Waals surface area contributed by atoms with Gasteiger partial charge in [-0.05, 0) is 41.7 Å². The maximum Gasteiger partial charge on any atom is 0.0302 e. The largest absolute Gasteiger partial charge is 0.327 e. The van der Waals surface area contributed by atoms with Crippen LogP contribution in [-0.2, 0) is 13.0 Å². The van der Waals surface area contributed by atoms with Crippen molar-refractivity contribution in [3.63, 3.8) is 0 Å². The predicted molar refractivity (Wildman–Crippen MR) is 75.3 cm³/mol. The Hall–Kier alpha value is -0.380. The number of hydrogen-bond donors (Lipinski definition) is 2. The van der Waals surface area contributed by atoms with Gasteiger partial charge in [0.25, 0.3) is 0 Å². The molecule has 2 atom stereocenters. The predicted octanol–water partition coefficient (Wildman–Crippen LogP) is 2.92. The first kappa shape index (κ1) is 13.1. The van der Waals surface area contributed by atoms with Gasteiger partial charge in [0.1, 0.15) is 0 Å². The van der Waals surface area contributed by atoms with Crippen molar-refractivity contribution >= 4 is 11.3 Å². The topological polar surface area (TPSA) is 38.0 Å². The van der Waals surface area contributed by atoms with Crippen LogP contribution >= 0.6 is 11.3 Å². The molecule has 1 aliphatic rings. The van der Waals surface area contributed by atoms with Crippen molar-refractivity contribution in [2.75, 3.05) is 6.54 Å². The Balaban J connectivity index is 1.83. The summed E-state index contributed by atoms with van der Waals surface area (Å²) in [4.78, 5) is 1.49. The van der Waals surface area contributed by atoms with Crippen molar-refractivity contribution in [2.24, 2.45) is 11.1 Å². The van der Waals surface area contributed by atoms with Gasteiger partial charge in [0.15, 0.2) is 0 Å². The second kappa shape index (κ2) is 5.51. The molecule has 1 aromatic heterocycles. The van der Waals surface area contributed by atoms with Gasteiger partial charge in [-0.25, -0.2) is 0 Å². The van der Waals surface area contributed by atoms with E-state index in [9.17, 15) is 0 Å². The van der Waals surface area contributed by atoms with Crippen LogP contribution in [0.3, 0.4) is 0 Å². The van der Waals surface area contributed by atoms with Crippen molar-refractivity contribution in [3.05, 3.63) is 21.9 Å². The second-order valence-electron chi connectivity index (χ2n) is 5.48. The van der Waals surface area contributed by atoms with Gasteiger partial charge in [0.2, 0.25) is 0 Å². The van der Waals surface area contributed by atoms with Gasteiger partial charge in [0, 0.05) is 24.0 Å². The van der Waals surface area contributed by atoms with E-state index < -0.39 is 0 Å². The molecule has 0 saturated heterocycles. The van der Waals surface area contributed by atoms with Crippen molar-refractivity contribution in [3.8, 4) is 0 Å². The van der Waals surface area contributed by atoms with Crippen LogP contribution in [0.15, 0.2) is 11.4 Å². The third kappa shape index (κ3) is 2.90. The molecule has 3 N–H and O–H groups in total. The highest BCUT2D eigenvalue weighted by Gasteiger charge is 2.35. The SMILES string of the molecule is CCc1ccsc1CNCC1(C)CCCC1N. The standard InChI is InChI=1S/C14H24N2S/c1-3-11-6-8-17-12(11)9-16-10-14(2)7-4-5-13(14)15/h6,8,13,16H,3-5,7,9-10,15H2,1-2H3. The highest BCUT2D eigenvalue weighted by molar-refractivity contribution is 7.10. The Kier molecular flexibility index (Phi) is 4.23. The van der Waals surface area contributed by atoms with Crippen LogP contribution in [0, 0.1) is 5.41 Å². The fourth-order valence-corrected chi connectivity index (χ4v) is 3.72. The van der Waals surface area contributed by atoms with Crippen molar-refractivity contribution in [1.82, 2.24) is 5.32 Å². The summed E-state index contributed by atoms with van der Waals surface area (Å²) < 4.78 is 0. The number of hydrogen-bond acceptors (Lipinski definition) is 3. The van der Waals surface area contributed by atoms with Gasteiger partial charge in [-0.15, -0.1) is 11.3 Å². The lowest BCUT2D eigenvalue weighted by Gasteiger charge is -2.29. The molecular formula is C14H24N2S. The number of rotatable bonds is 5. The molecule has 1 aromatic rings. The number of nitrogens with two attached hydrogens (primary N) is 1. The monoisotopic (exact) mass is 252 g/mol. The summed E-state index contributed by atoms with van der Waals surface area (Å²) in [5.41, 5.74) is 7.99. The molecule has 3 heteroatoms. The Morgan fingerprint density at radius 2 is 2.41 bits per heavy atom. The molecule has 0 bridgehead atoms. The third-order valence-corrected chi connectivity index (χ3v) is 5.15. The maximum atomic E-state index is 6.19. The molecule has 0 aliphatic heterocycles. The summed E-state index contributed by atoms with van der Waals surface area (Å²) >= 11 is 1.86. The molecule has 2 unspecified atom stereocenters. The Morgan fingerprint density at radius 1 is 1.59 bits per heavy atom. The summed E-state index contributed by atoms with van der Waals surface area (Å²) in [7, 11) is 0. The van der Waals surface area contributed by atoms with Crippen molar-refractivity contribution in [1.29, 1.82) is 0 Å². The van der Waals surface area contributed by atoms with Crippen LogP contribution in [0.2, 0.25) is 0 Å². The van der Waals surface area contributed by atoms with Crippen LogP contribution in [0.5, 0.6) is 0 Å². The van der Waals surface area contributed by atoms with Gasteiger partial charge >= 0.3 is 0 Å². The molecule has 0 spiro atoms. The molecule has 96 valence electrons. The van der Waals surface area contributed by atoms with E-state index in [2.05, 4.69) is 30.6 Å². The lowest BCUT2D eigenvalue weighted by Crippen LogP contribution is -2.42. The summed E-state index contributed by atoms with van der Waals surface area (Å²) in [5, 5.41) is 5.80. The molecule has 1 aliphatic carbocycles. The molecule has 1 heterocycles. The van der Waals surface area contributed by atoms with Crippen LogP contribution in [0.1, 0.15) is 43.6 Å². The lowest BCUT2D eigenvalue weighted by atomic mass is 9.85. The summed E-state index contributed by atoms with van der Waals surface area (Å²) in [6.45, 7) is 6.60. The molecule has 0 amide bonds. The summed E-state index contributed by atoms with van der Waals surface area (Å²) in [6, 6.07) is 2.62. The molecule has 1 saturated carbocycles. The Labute approximate surface area is 109 Å². The molecule has 0 aromatic carbocycles. The van der Waals surface area contributed by atoms with E-state index in [0.29, 0.717) is 11.5 Å². The van der Waals surface area contributed by atoms with Gasteiger partial charge in [-0.1, -0.05) is 20.3 Å². The minimum absolute atomic E-state index is 0.309. The second-order valence-corrected chi connectivity index (χ2v) is 6.48. The quantitative estimate of drug-likeness (QED) is 0.845. The molecular weight excluding hydrogens is 228 g/mol. The maximum absolute atomic E-state index is 6.19. The van der Waals surface area contributed by atoms with E-state index >= 15 is 0 Å². The summed E-state index contributed by atoms with van der Waals surface area (Å²) in [5.74, 6) is 0. The Bertz CT molecular complexity index is 361. The van der Waals surface area contributed by atoms with Crippen molar-refractivity contribution < 1.29 is 0 Å². The lowest BCUT2D eigenvalue weighted by molar-refractivity contribution is 0.277. The fraction of sp³-hybridized carbons (Fsp3) is 0.714. The zero-order valence-corrected chi connectivity index (χ0v) is 11.8. The van der Waals surface area contributed by atoms with E-state index in [0.717, 1.165) is 19.5 Å². The normalized spacial score (nSPS) is 28.8. The van der Waals surface area contributed by atoms with Crippen LogP contribution in [0.4, 0.5) is 0 Å². The first-order valence-corrected chi connectivity index (χ1v) is 7.55. The van der Waals surface area contributed by atoms with E-state index in [1.807, 2.05) is 11.3 Å². The van der Waals surface area contributed by atoms with Gasteiger partial charge in [0.05, 0.1) is 0 Å². The van der Waals surface area contributed by atoms with Crippen molar-refractivity contribution in [2.45, 2.75) is 52.1 Å². The summed E-state index contributed by atoms with van der Waals surface area (Å²) in [6.07, 6.45) is 4.89. The van der Waals surface area contributed by atoms with E-state index in [1.54, 1.807) is 0 Å². The molecule has 0 radical (unpaired) electrons. The third-order valence-electron chi connectivity index (χ3n) is 4.19. The van der Waals surface area contributed by atoms with Gasteiger partial charge in [-0.3, -0.25) is 0 Å². The first-order valence-electron chi connectivity index (χ1n) is 6.67. The highest BCUT2D eigenvalue weighted by Crippen LogP contribution is 2.36. The van der Waals surface area contributed by atoms with E-state index in [4.69, 9.17) is 5.73 Å². The highest BCUT2D eigenvalue weighted by atomic mass is 32.1. The van der Waals surface area contributed by atoms with E-state index in [-0.39, 0.29) is 0 Å². The fourth-order valence-electron chi connectivity index (χ4n) is 2.78. The van der Waals surface area contributed by atoms with Crippen LogP contribution < -0.4 is 11.1 Å². The molecule has 17 heavy (non-hydrogen) atoms. The minimum Gasteiger partial charge on any atom is -0.327 e. The number of aryl methyl sites for hydroxylation is 1. The molecule has 2 rings (SSSR count).